The van der Waals surface area contributed by atoms with Crippen molar-refractivity contribution >= 4 is 57.8 Å². The molecular weight excluding hydrogens is 419 g/mol. The smallest absolute Gasteiger partial charge is 0.228 e. The molecule has 1 aromatic heterocycles. The maximum absolute atomic E-state index is 6.24. The van der Waals surface area contributed by atoms with Crippen molar-refractivity contribution in [1.82, 2.24) is 4.98 Å². The summed E-state index contributed by atoms with van der Waals surface area (Å²) in [6, 6.07) is 16.1. The number of hydrogen-bond donors (Lipinski definition) is 0. The monoisotopic (exact) mass is 430 g/mol. The van der Waals surface area contributed by atoms with Crippen molar-refractivity contribution in [2.75, 3.05) is 7.11 Å². The van der Waals surface area contributed by atoms with E-state index in [2.05, 4.69) is 9.98 Å². The van der Waals surface area contributed by atoms with Gasteiger partial charge < -0.3 is 9.15 Å². The van der Waals surface area contributed by atoms with Crippen molar-refractivity contribution in [3.63, 3.8) is 0 Å². The molecule has 0 fully saturated rings. The normalized spacial score (nSPS) is 11.4. The number of hydrogen-bond acceptors (Lipinski definition) is 4. The van der Waals surface area contributed by atoms with Gasteiger partial charge in [0.15, 0.2) is 5.58 Å². The van der Waals surface area contributed by atoms with Gasteiger partial charge in [-0.05, 0) is 60.2 Å². The Morgan fingerprint density at radius 3 is 2.61 bits per heavy atom. The Labute approximate surface area is 176 Å². The summed E-state index contributed by atoms with van der Waals surface area (Å²) in [5.41, 5.74) is 3.54. The molecule has 140 valence electrons. The SMILES string of the molecule is COc1ccc(C=Nc2ccc3oc(-c4cc(Cl)ccc4Cl)nc3c2)cc1Cl. The minimum Gasteiger partial charge on any atom is -0.495 e. The minimum atomic E-state index is 0.408. The molecule has 0 bridgehead atoms. The summed E-state index contributed by atoms with van der Waals surface area (Å²) >= 11 is 18.4. The van der Waals surface area contributed by atoms with Crippen LogP contribution in [0.25, 0.3) is 22.6 Å². The van der Waals surface area contributed by atoms with Crippen LogP contribution in [-0.4, -0.2) is 18.3 Å². The van der Waals surface area contributed by atoms with E-state index in [-0.39, 0.29) is 0 Å². The van der Waals surface area contributed by atoms with E-state index >= 15 is 0 Å². The summed E-state index contributed by atoms with van der Waals surface area (Å²) in [6.45, 7) is 0. The maximum atomic E-state index is 6.24. The van der Waals surface area contributed by atoms with Gasteiger partial charge in [0, 0.05) is 11.2 Å². The van der Waals surface area contributed by atoms with Crippen molar-refractivity contribution in [1.29, 1.82) is 0 Å². The Morgan fingerprint density at radius 2 is 1.82 bits per heavy atom. The van der Waals surface area contributed by atoms with E-state index in [1.54, 1.807) is 43.7 Å². The van der Waals surface area contributed by atoms with Crippen molar-refractivity contribution in [3.05, 3.63) is 75.2 Å². The van der Waals surface area contributed by atoms with E-state index in [4.69, 9.17) is 44.0 Å². The van der Waals surface area contributed by atoms with Gasteiger partial charge in [-0.15, -0.1) is 0 Å². The Bertz CT molecular complexity index is 1200. The highest BCUT2D eigenvalue weighted by atomic mass is 35.5. The van der Waals surface area contributed by atoms with Crippen LogP contribution < -0.4 is 4.74 Å². The first kappa shape index (κ1) is 18.8. The molecule has 4 nitrogen and oxygen atoms in total. The third kappa shape index (κ3) is 3.85. The number of rotatable bonds is 4. The number of fused-ring (bicyclic) bond motifs is 1. The van der Waals surface area contributed by atoms with Gasteiger partial charge in [0.1, 0.15) is 11.3 Å². The third-order valence-corrected chi connectivity index (χ3v) is 4.93. The van der Waals surface area contributed by atoms with E-state index in [1.807, 2.05) is 24.3 Å². The van der Waals surface area contributed by atoms with Gasteiger partial charge in [-0.25, -0.2) is 4.98 Å². The highest BCUT2D eigenvalue weighted by molar-refractivity contribution is 6.35. The highest BCUT2D eigenvalue weighted by Crippen LogP contribution is 2.33. The maximum Gasteiger partial charge on any atom is 0.228 e. The predicted octanol–water partition coefficient (Wildman–Crippen LogP) is 7.21. The Morgan fingerprint density at radius 1 is 0.964 bits per heavy atom. The minimum absolute atomic E-state index is 0.408. The van der Waals surface area contributed by atoms with Crippen molar-refractivity contribution in [2.45, 2.75) is 0 Å². The highest BCUT2D eigenvalue weighted by Gasteiger charge is 2.12. The lowest BCUT2D eigenvalue weighted by Crippen LogP contribution is -1.86. The number of ether oxygens (including phenoxy) is 1. The van der Waals surface area contributed by atoms with Gasteiger partial charge in [-0.2, -0.15) is 0 Å². The van der Waals surface area contributed by atoms with E-state index in [1.165, 1.54) is 0 Å². The van der Waals surface area contributed by atoms with Crippen LogP contribution in [0.1, 0.15) is 5.56 Å². The average Bonchev–Trinajstić information content (AvgIpc) is 3.11. The molecule has 0 saturated heterocycles. The largest absolute Gasteiger partial charge is 0.495 e. The molecule has 0 aliphatic carbocycles. The number of oxazole rings is 1. The second-order valence-electron chi connectivity index (χ2n) is 5.95. The van der Waals surface area contributed by atoms with Gasteiger partial charge in [0.2, 0.25) is 5.89 Å². The zero-order valence-electron chi connectivity index (χ0n) is 14.6. The molecule has 0 atom stereocenters. The molecule has 0 N–H and O–H groups in total. The first-order valence-corrected chi connectivity index (χ1v) is 9.40. The zero-order chi connectivity index (χ0) is 19.7. The van der Waals surface area contributed by atoms with Crippen LogP contribution in [0.15, 0.2) is 64.0 Å². The van der Waals surface area contributed by atoms with Gasteiger partial charge >= 0.3 is 0 Å². The van der Waals surface area contributed by atoms with Gasteiger partial charge in [0.25, 0.3) is 0 Å². The van der Waals surface area contributed by atoms with E-state index < -0.39 is 0 Å². The molecule has 28 heavy (non-hydrogen) atoms. The second-order valence-corrected chi connectivity index (χ2v) is 7.20. The number of aliphatic imine (C=N–C) groups is 1. The molecule has 1 heterocycles. The molecule has 7 heteroatoms. The molecule has 0 aliphatic heterocycles. The van der Waals surface area contributed by atoms with Crippen molar-refractivity contribution in [3.8, 4) is 17.2 Å². The topological polar surface area (TPSA) is 47.6 Å². The van der Waals surface area contributed by atoms with Crippen LogP contribution in [-0.2, 0) is 0 Å². The van der Waals surface area contributed by atoms with Crippen molar-refractivity contribution < 1.29 is 9.15 Å². The summed E-state index contributed by atoms with van der Waals surface area (Å²) in [4.78, 5) is 9.00. The fourth-order valence-electron chi connectivity index (χ4n) is 2.68. The zero-order valence-corrected chi connectivity index (χ0v) is 16.9. The third-order valence-electron chi connectivity index (χ3n) is 4.07. The summed E-state index contributed by atoms with van der Waals surface area (Å²) in [6.07, 6.45) is 1.72. The summed E-state index contributed by atoms with van der Waals surface area (Å²) in [5, 5.41) is 1.61. The van der Waals surface area contributed by atoms with Crippen LogP contribution >= 0.6 is 34.8 Å². The van der Waals surface area contributed by atoms with E-state index in [9.17, 15) is 0 Å². The summed E-state index contributed by atoms with van der Waals surface area (Å²) in [5.74, 6) is 1.03. The standard InChI is InChI=1S/C21H13Cl3N2O2/c1-27-19-6-2-12(8-17(19)24)11-25-14-4-7-20-18(10-14)26-21(28-20)15-9-13(22)3-5-16(15)23/h2-11H,1H3. The molecular formula is C21H13Cl3N2O2. The van der Waals surface area contributed by atoms with E-state index in [0.717, 1.165) is 11.3 Å². The lowest BCUT2D eigenvalue weighted by Gasteiger charge is -2.02. The summed E-state index contributed by atoms with van der Waals surface area (Å²) in [7, 11) is 1.58. The average molecular weight is 432 g/mol. The van der Waals surface area contributed by atoms with Gasteiger partial charge in [-0.1, -0.05) is 34.8 Å². The molecule has 0 radical (unpaired) electrons. The molecule has 4 rings (SSSR count). The summed E-state index contributed by atoms with van der Waals surface area (Å²) < 4.78 is 11.0. The van der Waals surface area contributed by atoms with Crippen molar-refractivity contribution in [2.24, 2.45) is 4.99 Å². The number of halogens is 3. The lowest BCUT2D eigenvalue weighted by atomic mass is 10.2. The molecule has 0 spiro atoms. The van der Waals surface area contributed by atoms with Crippen LogP contribution in [0.3, 0.4) is 0 Å². The lowest BCUT2D eigenvalue weighted by molar-refractivity contribution is 0.415. The van der Waals surface area contributed by atoms with Gasteiger partial charge in [-0.3, -0.25) is 4.99 Å². The first-order valence-electron chi connectivity index (χ1n) is 8.27. The Balaban J connectivity index is 1.65. The molecule has 3 aromatic carbocycles. The number of methoxy groups -OCH3 is 1. The molecule has 0 unspecified atom stereocenters. The Hall–Kier alpha value is -2.53. The quantitative estimate of drug-likeness (QED) is 0.321. The second kappa shape index (κ2) is 7.84. The van der Waals surface area contributed by atoms with Crippen LogP contribution in [0.5, 0.6) is 5.75 Å². The molecule has 4 aromatic rings. The molecule has 0 amide bonds. The van der Waals surface area contributed by atoms with Crippen LogP contribution in [0, 0.1) is 0 Å². The Kier molecular flexibility index (Phi) is 5.27. The fourth-order valence-corrected chi connectivity index (χ4v) is 3.32. The number of benzene rings is 3. The first-order chi connectivity index (χ1) is 13.5. The molecule has 0 saturated carbocycles. The van der Waals surface area contributed by atoms with E-state index in [0.29, 0.717) is 43.4 Å². The number of aromatic nitrogens is 1. The van der Waals surface area contributed by atoms with Gasteiger partial charge in [0.05, 0.1) is 28.4 Å². The van der Waals surface area contributed by atoms with Crippen LogP contribution in [0.4, 0.5) is 5.69 Å². The van der Waals surface area contributed by atoms with Crippen LogP contribution in [0.2, 0.25) is 15.1 Å². The fraction of sp³-hybridized carbons (Fsp3) is 0.0476. The number of nitrogens with zero attached hydrogens (tertiary/aromatic N) is 2. The molecule has 0 aliphatic rings. The predicted molar refractivity (Wildman–Crippen MR) is 115 cm³/mol.